The van der Waals surface area contributed by atoms with E-state index in [0.29, 0.717) is 22.4 Å². The van der Waals surface area contributed by atoms with E-state index in [0.717, 1.165) is 0 Å². The standard InChI is InChI=1S/C15H12FNO/c1-18-14-8-3-2-6-12(14)13-7-4-5-11(9-10-17)15(13)16/h2-8H,9H2,1H3. The molecule has 0 amide bonds. The van der Waals surface area contributed by atoms with Crippen molar-refractivity contribution in [3.05, 3.63) is 53.8 Å². The molecule has 90 valence electrons. The predicted octanol–water partition coefficient (Wildman–Crippen LogP) is 3.57. The van der Waals surface area contributed by atoms with Crippen LogP contribution in [-0.4, -0.2) is 7.11 Å². The monoisotopic (exact) mass is 241 g/mol. The summed E-state index contributed by atoms with van der Waals surface area (Å²) in [6, 6.07) is 14.3. The van der Waals surface area contributed by atoms with Gasteiger partial charge in [-0.3, -0.25) is 0 Å². The number of methoxy groups -OCH3 is 1. The second kappa shape index (κ2) is 5.33. The largest absolute Gasteiger partial charge is 0.496 e. The summed E-state index contributed by atoms with van der Waals surface area (Å²) in [4.78, 5) is 0. The van der Waals surface area contributed by atoms with Crippen LogP contribution in [0.5, 0.6) is 5.75 Å². The lowest BCUT2D eigenvalue weighted by atomic mass is 10.00. The number of nitrogens with zero attached hydrogens (tertiary/aromatic N) is 1. The molecule has 0 aliphatic carbocycles. The van der Waals surface area contributed by atoms with Crippen LogP contribution in [0.25, 0.3) is 11.1 Å². The molecule has 0 fully saturated rings. The van der Waals surface area contributed by atoms with Gasteiger partial charge in [0, 0.05) is 16.7 Å². The average molecular weight is 241 g/mol. The van der Waals surface area contributed by atoms with E-state index in [2.05, 4.69) is 0 Å². The summed E-state index contributed by atoms with van der Waals surface area (Å²) in [5.41, 5.74) is 1.55. The number of para-hydroxylation sites is 1. The van der Waals surface area contributed by atoms with Crippen LogP contribution in [0.3, 0.4) is 0 Å². The Balaban J connectivity index is 2.58. The molecule has 0 N–H and O–H groups in total. The highest BCUT2D eigenvalue weighted by Gasteiger charge is 2.12. The fraction of sp³-hybridized carbons (Fsp3) is 0.133. The third kappa shape index (κ3) is 2.18. The molecule has 18 heavy (non-hydrogen) atoms. The number of rotatable bonds is 3. The van der Waals surface area contributed by atoms with Crippen molar-refractivity contribution in [3.8, 4) is 22.9 Å². The number of halogens is 1. The van der Waals surface area contributed by atoms with Crippen molar-refractivity contribution in [1.82, 2.24) is 0 Å². The first kappa shape index (κ1) is 12.1. The van der Waals surface area contributed by atoms with Crippen LogP contribution in [0.15, 0.2) is 42.5 Å². The first-order valence-electron chi connectivity index (χ1n) is 5.55. The maximum absolute atomic E-state index is 14.3. The second-order valence-corrected chi connectivity index (χ2v) is 3.81. The summed E-state index contributed by atoms with van der Waals surface area (Å²) >= 11 is 0. The minimum atomic E-state index is -0.358. The fourth-order valence-corrected chi connectivity index (χ4v) is 1.88. The molecule has 0 saturated heterocycles. The summed E-state index contributed by atoms with van der Waals surface area (Å²) in [6.45, 7) is 0. The van der Waals surface area contributed by atoms with E-state index >= 15 is 0 Å². The molecule has 0 heterocycles. The van der Waals surface area contributed by atoms with Gasteiger partial charge < -0.3 is 4.74 Å². The van der Waals surface area contributed by atoms with Crippen molar-refractivity contribution in [2.24, 2.45) is 0 Å². The Bertz CT molecular complexity index is 602. The molecular formula is C15H12FNO. The van der Waals surface area contributed by atoms with E-state index in [1.54, 1.807) is 37.4 Å². The molecule has 0 bridgehead atoms. The molecule has 0 radical (unpaired) electrons. The third-order valence-electron chi connectivity index (χ3n) is 2.75. The molecule has 0 spiro atoms. The van der Waals surface area contributed by atoms with E-state index in [1.807, 2.05) is 18.2 Å². The van der Waals surface area contributed by atoms with Gasteiger partial charge in [-0.05, 0) is 6.07 Å². The Hall–Kier alpha value is -2.34. The summed E-state index contributed by atoms with van der Waals surface area (Å²) in [5.74, 6) is 0.258. The topological polar surface area (TPSA) is 33.0 Å². The molecule has 0 atom stereocenters. The van der Waals surface area contributed by atoms with Crippen LogP contribution in [0.4, 0.5) is 4.39 Å². The number of hydrogen-bond acceptors (Lipinski definition) is 2. The Morgan fingerprint density at radius 3 is 2.56 bits per heavy atom. The number of benzene rings is 2. The first-order chi connectivity index (χ1) is 8.77. The van der Waals surface area contributed by atoms with Crippen LogP contribution in [0.2, 0.25) is 0 Å². The van der Waals surface area contributed by atoms with Crippen LogP contribution < -0.4 is 4.74 Å². The third-order valence-corrected chi connectivity index (χ3v) is 2.75. The number of hydrogen-bond donors (Lipinski definition) is 0. The van der Waals surface area contributed by atoms with Gasteiger partial charge in [0.15, 0.2) is 0 Å². The highest BCUT2D eigenvalue weighted by Crippen LogP contribution is 2.32. The highest BCUT2D eigenvalue weighted by molar-refractivity contribution is 5.71. The molecule has 2 aromatic rings. The van der Waals surface area contributed by atoms with Crippen LogP contribution in [0, 0.1) is 17.1 Å². The zero-order valence-corrected chi connectivity index (χ0v) is 9.98. The SMILES string of the molecule is COc1ccccc1-c1cccc(CC#N)c1F. The summed E-state index contributed by atoms with van der Waals surface area (Å²) in [5, 5.41) is 8.66. The maximum atomic E-state index is 14.3. The van der Waals surface area contributed by atoms with Crippen LogP contribution in [-0.2, 0) is 6.42 Å². The van der Waals surface area contributed by atoms with Crippen LogP contribution in [0.1, 0.15) is 5.56 Å². The number of nitriles is 1. The minimum absolute atomic E-state index is 0.0643. The number of ether oxygens (including phenoxy) is 1. The van der Waals surface area contributed by atoms with Crippen molar-refractivity contribution in [1.29, 1.82) is 5.26 Å². The zero-order chi connectivity index (χ0) is 13.0. The quantitative estimate of drug-likeness (QED) is 0.823. The van der Waals surface area contributed by atoms with Crippen LogP contribution >= 0.6 is 0 Å². The Labute approximate surface area is 105 Å². The highest BCUT2D eigenvalue weighted by atomic mass is 19.1. The second-order valence-electron chi connectivity index (χ2n) is 3.81. The van der Waals surface area contributed by atoms with Gasteiger partial charge in [-0.2, -0.15) is 5.26 Å². The van der Waals surface area contributed by atoms with Crippen molar-refractivity contribution < 1.29 is 9.13 Å². The Morgan fingerprint density at radius 2 is 1.83 bits per heavy atom. The summed E-state index contributed by atoms with van der Waals surface area (Å²) < 4.78 is 19.5. The molecule has 0 unspecified atom stereocenters. The molecule has 2 aromatic carbocycles. The van der Waals surface area contributed by atoms with E-state index in [4.69, 9.17) is 10.00 Å². The van der Waals surface area contributed by atoms with Crippen molar-refractivity contribution in [3.63, 3.8) is 0 Å². The van der Waals surface area contributed by atoms with Gasteiger partial charge in [-0.1, -0.05) is 36.4 Å². The van der Waals surface area contributed by atoms with E-state index in [1.165, 1.54) is 0 Å². The molecule has 0 saturated carbocycles. The van der Waals surface area contributed by atoms with Gasteiger partial charge in [0.1, 0.15) is 11.6 Å². The molecular weight excluding hydrogens is 229 g/mol. The minimum Gasteiger partial charge on any atom is -0.496 e. The molecule has 0 aromatic heterocycles. The van der Waals surface area contributed by atoms with Crippen molar-refractivity contribution in [2.75, 3.05) is 7.11 Å². The maximum Gasteiger partial charge on any atom is 0.135 e. The van der Waals surface area contributed by atoms with E-state index in [9.17, 15) is 4.39 Å². The van der Waals surface area contributed by atoms with Crippen molar-refractivity contribution >= 4 is 0 Å². The van der Waals surface area contributed by atoms with Crippen molar-refractivity contribution in [2.45, 2.75) is 6.42 Å². The van der Waals surface area contributed by atoms with E-state index < -0.39 is 0 Å². The fourth-order valence-electron chi connectivity index (χ4n) is 1.88. The smallest absolute Gasteiger partial charge is 0.135 e. The average Bonchev–Trinajstić information content (AvgIpc) is 2.41. The van der Waals surface area contributed by atoms with Gasteiger partial charge in [0.2, 0.25) is 0 Å². The summed E-state index contributed by atoms with van der Waals surface area (Å²) in [6.07, 6.45) is 0.0643. The Morgan fingerprint density at radius 1 is 1.11 bits per heavy atom. The lowest BCUT2D eigenvalue weighted by Crippen LogP contribution is -1.94. The molecule has 2 nitrogen and oxygen atoms in total. The Kier molecular flexibility index (Phi) is 3.59. The lowest BCUT2D eigenvalue weighted by Gasteiger charge is -2.10. The van der Waals surface area contributed by atoms with Gasteiger partial charge in [0.05, 0.1) is 19.6 Å². The zero-order valence-electron chi connectivity index (χ0n) is 9.98. The normalized spacial score (nSPS) is 9.83. The molecule has 3 heteroatoms. The van der Waals surface area contributed by atoms with Gasteiger partial charge >= 0.3 is 0 Å². The van der Waals surface area contributed by atoms with Gasteiger partial charge in [0.25, 0.3) is 0 Å². The molecule has 2 rings (SSSR count). The predicted molar refractivity (Wildman–Crippen MR) is 67.7 cm³/mol. The van der Waals surface area contributed by atoms with Gasteiger partial charge in [-0.25, -0.2) is 4.39 Å². The summed E-state index contributed by atoms with van der Waals surface area (Å²) in [7, 11) is 1.55. The first-order valence-corrected chi connectivity index (χ1v) is 5.55. The molecule has 0 aliphatic heterocycles. The van der Waals surface area contributed by atoms with E-state index in [-0.39, 0.29) is 12.2 Å². The molecule has 0 aliphatic rings. The lowest BCUT2D eigenvalue weighted by molar-refractivity contribution is 0.416. The van der Waals surface area contributed by atoms with Gasteiger partial charge in [-0.15, -0.1) is 0 Å².